The van der Waals surface area contributed by atoms with Gasteiger partial charge in [0.1, 0.15) is 0 Å². The Morgan fingerprint density at radius 2 is 2.00 bits per heavy atom. The van der Waals surface area contributed by atoms with E-state index in [-0.39, 0.29) is 12.1 Å². The van der Waals surface area contributed by atoms with Gasteiger partial charge in [-0.2, -0.15) is 5.26 Å². The van der Waals surface area contributed by atoms with Crippen molar-refractivity contribution in [3.63, 3.8) is 0 Å². The minimum atomic E-state index is -0.371. The average Bonchev–Trinajstić information content (AvgIpc) is 2.06. The Bertz CT molecular complexity index is 191. The number of amides is 2. The fourth-order valence-electron chi connectivity index (χ4n) is 1.52. The van der Waals surface area contributed by atoms with Gasteiger partial charge in [0.05, 0.1) is 0 Å². The van der Waals surface area contributed by atoms with Crippen LogP contribution in [0.3, 0.4) is 0 Å². The highest BCUT2D eigenvalue weighted by molar-refractivity contribution is 5.75. The van der Waals surface area contributed by atoms with E-state index in [4.69, 9.17) is 5.26 Å². The van der Waals surface area contributed by atoms with Crippen LogP contribution in [0.1, 0.15) is 32.1 Å². The van der Waals surface area contributed by atoms with Gasteiger partial charge in [-0.25, -0.2) is 10.1 Å². The maximum Gasteiger partial charge on any atom is 0.328 e. The lowest BCUT2D eigenvalue weighted by atomic mass is 9.96. The van der Waals surface area contributed by atoms with Crippen LogP contribution >= 0.6 is 0 Å². The topological polar surface area (TPSA) is 64.9 Å². The molecular formula is C8H13N3O. The first kappa shape index (κ1) is 8.85. The number of nitriles is 1. The molecule has 1 aliphatic rings. The van der Waals surface area contributed by atoms with Crippen LogP contribution in [0, 0.1) is 11.5 Å². The molecule has 1 fully saturated rings. The molecule has 0 aromatic rings. The molecule has 2 amide bonds. The van der Waals surface area contributed by atoms with Crippen molar-refractivity contribution < 1.29 is 4.79 Å². The highest BCUT2D eigenvalue weighted by atomic mass is 16.2. The van der Waals surface area contributed by atoms with Crippen LogP contribution < -0.4 is 10.6 Å². The summed E-state index contributed by atoms with van der Waals surface area (Å²) in [5.74, 6) is 0. The first-order chi connectivity index (χ1) is 5.83. The van der Waals surface area contributed by atoms with Crippen LogP contribution in [0.2, 0.25) is 0 Å². The van der Waals surface area contributed by atoms with Gasteiger partial charge in [-0.05, 0) is 12.8 Å². The smallest absolute Gasteiger partial charge is 0.328 e. The van der Waals surface area contributed by atoms with Crippen LogP contribution in [-0.4, -0.2) is 12.1 Å². The van der Waals surface area contributed by atoms with E-state index in [0.29, 0.717) is 0 Å². The van der Waals surface area contributed by atoms with E-state index in [2.05, 4.69) is 5.32 Å². The van der Waals surface area contributed by atoms with Gasteiger partial charge in [-0.3, -0.25) is 0 Å². The molecule has 0 aliphatic heterocycles. The van der Waals surface area contributed by atoms with Crippen molar-refractivity contribution in [2.75, 3.05) is 0 Å². The molecule has 1 rings (SSSR count). The molecular weight excluding hydrogens is 154 g/mol. The number of hydrogen-bond donors (Lipinski definition) is 2. The lowest BCUT2D eigenvalue weighted by Gasteiger charge is -2.21. The molecule has 4 heteroatoms. The highest BCUT2D eigenvalue weighted by Gasteiger charge is 2.14. The highest BCUT2D eigenvalue weighted by Crippen LogP contribution is 2.16. The molecule has 0 bridgehead atoms. The normalized spacial score (nSPS) is 17.9. The fraction of sp³-hybridized carbons (Fsp3) is 0.750. The number of nitrogens with zero attached hydrogens (tertiary/aromatic N) is 1. The first-order valence-corrected chi connectivity index (χ1v) is 4.28. The molecule has 1 aliphatic carbocycles. The van der Waals surface area contributed by atoms with Crippen molar-refractivity contribution in [1.29, 1.82) is 5.26 Å². The number of urea groups is 1. The molecule has 2 N–H and O–H groups in total. The van der Waals surface area contributed by atoms with E-state index in [0.717, 1.165) is 12.8 Å². The summed E-state index contributed by atoms with van der Waals surface area (Å²) in [6, 6.07) is -0.100. The van der Waals surface area contributed by atoms with Crippen molar-refractivity contribution >= 4 is 6.03 Å². The number of hydrogen-bond acceptors (Lipinski definition) is 2. The summed E-state index contributed by atoms with van der Waals surface area (Å²) in [6.45, 7) is 0. The number of carbonyl (C=O) groups excluding carboxylic acids is 1. The third-order valence-electron chi connectivity index (χ3n) is 2.11. The van der Waals surface area contributed by atoms with Crippen LogP contribution in [0.4, 0.5) is 4.79 Å². The van der Waals surface area contributed by atoms with Gasteiger partial charge >= 0.3 is 6.03 Å². The van der Waals surface area contributed by atoms with E-state index in [1.165, 1.54) is 19.3 Å². The van der Waals surface area contributed by atoms with Crippen molar-refractivity contribution in [1.82, 2.24) is 10.6 Å². The number of nitrogens with one attached hydrogen (secondary N) is 2. The Morgan fingerprint density at radius 1 is 1.33 bits per heavy atom. The number of carbonyl (C=O) groups is 1. The summed E-state index contributed by atoms with van der Waals surface area (Å²) in [5.41, 5.74) is 0. The van der Waals surface area contributed by atoms with Crippen LogP contribution in [0.15, 0.2) is 0 Å². The monoisotopic (exact) mass is 167 g/mol. The molecule has 66 valence electrons. The summed E-state index contributed by atoms with van der Waals surface area (Å²) in [4.78, 5) is 10.9. The Hall–Kier alpha value is -1.24. The Labute approximate surface area is 71.9 Å². The molecule has 0 aromatic carbocycles. The second-order valence-corrected chi connectivity index (χ2v) is 3.05. The summed E-state index contributed by atoms with van der Waals surface area (Å²) in [7, 11) is 0. The molecule has 1 saturated carbocycles. The second kappa shape index (κ2) is 4.60. The molecule has 0 heterocycles. The van der Waals surface area contributed by atoms with E-state index >= 15 is 0 Å². The number of rotatable bonds is 1. The summed E-state index contributed by atoms with van der Waals surface area (Å²) in [6.07, 6.45) is 7.29. The van der Waals surface area contributed by atoms with Gasteiger partial charge in [-0.15, -0.1) is 0 Å². The largest absolute Gasteiger partial charge is 0.335 e. The third-order valence-corrected chi connectivity index (χ3v) is 2.11. The summed E-state index contributed by atoms with van der Waals surface area (Å²) < 4.78 is 0. The quantitative estimate of drug-likeness (QED) is 0.453. The van der Waals surface area contributed by atoms with Gasteiger partial charge < -0.3 is 5.32 Å². The van der Waals surface area contributed by atoms with E-state index in [1.807, 2.05) is 5.32 Å². The van der Waals surface area contributed by atoms with Gasteiger partial charge in [-0.1, -0.05) is 19.3 Å². The van der Waals surface area contributed by atoms with E-state index in [1.54, 1.807) is 6.19 Å². The standard InChI is InChI=1S/C8H13N3O/c9-6-10-8(12)11-7-4-2-1-3-5-7/h7H,1-5H2,(H2,10,11,12). The molecule has 0 atom stereocenters. The minimum absolute atomic E-state index is 0.270. The van der Waals surface area contributed by atoms with Crippen LogP contribution in [0.25, 0.3) is 0 Å². The molecule has 12 heavy (non-hydrogen) atoms. The molecule has 0 unspecified atom stereocenters. The van der Waals surface area contributed by atoms with Gasteiger partial charge in [0.2, 0.25) is 0 Å². The van der Waals surface area contributed by atoms with Crippen molar-refractivity contribution in [2.45, 2.75) is 38.1 Å². The van der Waals surface area contributed by atoms with Gasteiger partial charge in [0.15, 0.2) is 6.19 Å². The maximum absolute atomic E-state index is 10.9. The summed E-state index contributed by atoms with van der Waals surface area (Å²) >= 11 is 0. The predicted octanol–water partition coefficient (Wildman–Crippen LogP) is 1.10. The van der Waals surface area contributed by atoms with Crippen LogP contribution in [0.5, 0.6) is 0 Å². The summed E-state index contributed by atoms with van der Waals surface area (Å²) in [5, 5.41) is 12.9. The molecule has 0 saturated heterocycles. The minimum Gasteiger partial charge on any atom is -0.335 e. The first-order valence-electron chi connectivity index (χ1n) is 4.28. The maximum atomic E-state index is 10.9. The Kier molecular flexibility index (Phi) is 3.39. The molecule has 4 nitrogen and oxygen atoms in total. The molecule has 0 aromatic heterocycles. The van der Waals surface area contributed by atoms with Crippen molar-refractivity contribution in [3.05, 3.63) is 0 Å². The van der Waals surface area contributed by atoms with E-state index in [9.17, 15) is 4.79 Å². The Morgan fingerprint density at radius 3 is 2.58 bits per heavy atom. The average molecular weight is 167 g/mol. The Balaban J connectivity index is 2.21. The zero-order valence-electron chi connectivity index (χ0n) is 6.97. The fourth-order valence-corrected chi connectivity index (χ4v) is 1.52. The van der Waals surface area contributed by atoms with Crippen molar-refractivity contribution in [2.24, 2.45) is 0 Å². The van der Waals surface area contributed by atoms with Crippen LogP contribution in [-0.2, 0) is 0 Å². The predicted molar refractivity (Wildman–Crippen MR) is 44.2 cm³/mol. The lowest BCUT2D eigenvalue weighted by molar-refractivity contribution is 0.236. The molecule has 0 spiro atoms. The zero-order valence-corrected chi connectivity index (χ0v) is 6.97. The van der Waals surface area contributed by atoms with Gasteiger partial charge in [0.25, 0.3) is 0 Å². The van der Waals surface area contributed by atoms with E-state index < -0.39 is 0 Å². The van der Waals surface area contributed by atoms with Gasteiger partial charge in [0, 0.05) is 6.04 Å². The lowest BCUT2D eigenvalue weighted by Crippen LogP contribution is -2.41. The zero-order chi connectivity index (χ0) is 8.81. The molecule has 0 radical (unpaired) electrons. The second-order valence-electron chi connectivity index (χ2n) is 3.05. The van der Waals surface area contributed by atoms with Crippen molar-refractivity contribution in [3.8, 4) is 6.19 Å². The SMILES string of the molecule is N#CNC(=O)NC1CCCCC1. The third kappa shape index (κ3) is 2.79.